The van der Waals surface area contributed by atoms with Gasteiger partial charge in [0.1, 0.15) is 17.2 Å². The quantitative estimate of drug-likeness (QED) is 0.339. The lowest BCUT2D eigenvalue weighted by molar-refractivity contribution is -0.384. The van der Waals surface area contributed by atoms with Crippen LogP contribution in [-0.4, -0.2) is 30.0 Å². The van der Waals surface area contributed by atoms with Crippen LogP contribution in [0.4, 0.5) is 11.4 Å². The first-order valence-electron chi connectivity index (χ1n) is 9.68. The number of carbonyl (C=O) groups is 1. The number of pyridine rings is 1. The number of para-hydroxylation sites is 1. The van der Waals surface area contributed by atoms with E-state index in [1.54, 1.807) is 25.3 Å². The van der Waals surface area contributed by atoms with Crippen LogP contribution in [0, 0.1) is 10.1 Å². The van der Waals surface area contributed by atoms with E-state index in [1.165, 1.54) is 19.2 Å². The Morgan fingerprint density at radius 1 is 0.938 bits per heavy atom. The molecule has 0 aliphatic heterocycles. The zero-order valence-electron chi connectivity index (χ0n) is 17.4. The summed E-state index contributed by atoms with van der Waals surface area (Å²) >= 11 is 0. The Balaban J connectivity index is 1.80. The summed E-state index contributed by atoms with van der Waals surface area (Å²) in [4.78, 5) is 28.9. The Morgan fingerprint density at radius 3 is 2.44 bits per heavy atom. The van der Waals surface area contributed by atoms with Gasteiger partial charge in [-0.3, -0.25) is 14.9 Å². The Bertz CT molecular complexity index is 1340. The molecule has 3 aromatic carbocycles. The van der Waals surface area contributed by atoms with Gasteiger partial charge in [0.2, 0.25) is 0 Å². The Morgan fingerprint density at radius 2 is 1.69 bits per heavy atom. The fourth-order valence-corrected chi connectivity index (χ4v) is 3.38. The number of hydrogen-bond donors (Lipinski definition) is 1. The van der Waals surface area contributed by atoms with E-state index >= 15 is 0 Å². The fraction of sp³-hybridized carbons (Fsp3) is 0.0833. The fourth-order valence-electron chi connectivity index (χ4n) is 3.38. The lowest BCUT2D eigenvalue weighted by Crippen LogP contribution is -2.14. The minimum Gasteiger partial charge on any atom is -0.497 e. The lowest BCUT2D eigenvalue weighted by atomic mass is 10.0. The number of nitro benzene ring substituents is 1. The monoisotopic (exact) mass is 429 g/mol. The van der Waals surface area contributed by atoms with Gasteiger partial charge in [0.15, 0.2) is 0 Å². The van der Waals surface area contributed by atoms with E-state index < -0.39 is 10.8 Å². The molecule has 0 saturated heterocycles. The molecule has 4 rings (SSSR count). The molecular formula is C24H19N3O5. The van der Waals surface area contributed by atoms with Gasteiger partial charge in [0.05, 0.1) is 42.0 Å². The van der Waals surface area contributed by atoms with Crippen molar-refractivity contribution < 1.29 is 19.2 Å². The first kappa shape index (κ1) is 20.8. The van der Waals surface area contributed by atoms with E-state index in [2.05, 4.69) is 10.3 Å². The maximum Gasteiger partial charge on any atom is 0.296 e. The molecule has 1 amide bonds. The molecule has 0 atom stereocenters. The summed E-state index contributed by atoms with van der Waals surface area (Å²) in [6.45, 7) is 0. The van der Waals surface area contributed by atoms with Crippen molar-refractivity contribution in [2.45, 2.75) is 0 Å². The van der Waals surface area contributed by atoms with Gasteiger partial charge in [-0.15, -0.1) is 0 Å². The third-order valence-electron chi connectivity index (χ3n) is 4.98. The standard InChI is InChI=1S/C24H19N3O5/c1-31-16-7-5-6-15(12-16)22-14-19(18-8-3-4-9-20(18)25-22)24(28)26-21-11-10-17(32-2)13-23(21)27(29)30/h3-14H,1-2H3,(H,26,28). The van der Waals surface area contributed by atoms with Crippen molar-refractivity contribution >= 4 is 28.2 Å². The second-order valence-electron chi connectivity index (χ2n) is 6.90. The van der Waals surface area contributed by atoms with E-state index in [-0.39, 0.29) is 11.4 Å². The van der Waals surface area contributed by atoms with Crippen LogP contribution in [-0.2, 0) is 0 Å². The number of rotatable bonds is 6. The number of fused-ring (bicyclic) bond motifs is 1. The topological polar surface area (TPSA) is 104 Å². The second kappa shape index (κ2) is 8.73. The highest BCUT2D eigenvalue weighted by atomic mass is 16.6. The smallest absolute Gasteiger partial charge is 0.296 e. The van der Waals surface area contributed by atoms with Crippen LogP contribution in [0.25, 0.3) is 22.2 Å². The number of nitro groups is 1. The largest absolute Gasteiger partial charge is 0.497 e. The van der Waals surface area contributed by atoms with Crippen molar-refractivity contribution in [3.63, 3.8) is 0 Å². The van der Waals surface area contributed by atoms with Crippen LogP contribution >= 0.6 is 0 Å². The molecule has 0 radical (unpaired) electrons. The van der Waals surface area contributed by atoms with Crippen molar-refractivity contribution in [2.75, 3.05) is 19.5 Å². The SMILES string of the molecule is COc1cccc(-c2cc(C(=O)Nc3ccc(OC)cc3[N+](=O)[O-])c3ccccc3n2)c1. The molecule has 160 valence electrons. The van der Waals surface area contributed by atoms with Crippen molar-refractivity contribution in [3.8, 4) is 22.8 Å². The maximum atomic E-state index is 13.2. The van der Waals surface area contributed by atoms with E-state index in [9.17, 15) is 14.9 Å². The van der Waals surface area contributed by atoms with Gasteiger partial charge in [0, 0.05) is 10.9 Å². The van der Waals surface area contributed by atoms with Crippen LogP contribution in [0.2, 0.25) is 0 Å². The molecule has 8 nitrogen and oxygen atoms in total. The number of carbonyl (C=O) groups excluding carboxylic acids is 1. The molecule has 8 heteroatoms. The number of methoxy groups -OCH3 is 2. The molecule has 0 aliphatic carbocycles. The molecule has 0 spiro atoms. The van der Waals surface area contributed by atoms with E-state index in [0.29, 0.717) is 33.7 Å². The molecule has 32 heavy (non-hydrogen) atoms. The molecule has 1 N–H and O–H groups in total. The zero-order valence-corrected chi connectivity index (χ0v) is 17.4. The summed E-state index contributed by atoms with van der Waals surface area (Å²) in [7, 11) is 2.99. The highest BCUT2D eigenvalue weighted by molar-refractivity contribution is 6.13. The predicted octanol–water partition coefficient (Wildman–Crippen LogP) is 5.08. The van der Waals surface area contributed by atoms with Crippen molar-refractivity contribution in [1.29, 1.82) is 0 Å². The molecule has 0 bridgehead atoms. The zero-order chi connectivity index (χ0) is 22.7. The molecule has 0 aliphatic rings. The predicted molar refractivity (Wildman–Crippen MR) is 121 cm³/mol. The van der Waals surface area contributed by atoms with Crippen molar-refractivity contribution in [2.24, 2.45) is 0 Å². The summed E-state index contributed by atoms with van der Waals surface area (Å²) in [6, 6.07) is 20.5. The van der Waals surface area contributed by atoms with Gasteiger partial charge in [-0.1, -0.05) is 30.3 Å². The van der Waals surface area contributed by atoms with E-state index in [1.807, 2.05) is 42.5 Å². The van der Waals surface area contributed by atoms with Gasteiger partial charge in [-0.05, 0) is 36.4 Å². The van der Waals surface area contributed by atoms with Crippen molar-refractivity contribution in [1.82, 2.24) is 4.98 Å². The highest BCUT2D eigenvalue weighted by Gasteiger charge is 2.20. The van der Waals surface area contributed by atoms with E-state index in [4.69, 9.17) is 9.47 Å². The van der Waals surface area contributed by atoms with Crippen LogP contribution in [0.5, 0.6) is 11.5 Å². The number of anilines is 1. The Kier molecular flexibility index (Phi) is 5.67. The van der Waals surface area contributed by atoms with Crippen LogP contribution in [0.3, 0.4) is 0 Å². The number of benzene rings is 3. The highest BCUT2D eigenvalue weighted by Crippen LogP contribution is 2.31. The Hall–Kier alpha value is -4.46. The van der Waals surface area contributed by atoms with Crippen LogP contribution in [0.1, 0.15) is 10.4 Å². The summed E-state index contributed by atoms with van der Waals surface area (Å²) in [5, 5.41) is 14.8. The van der Waals surface area contributed by atoms with Crippen LogP contribution < -0.4 is 14.8 Å². The van der Waals surface area contributed by atoms with Gasteiger partial charge in [-0.2, -0.15) is 0 Å². The summed E-state index contributed by atoms with van der Waals surface area (Å²) in [5.74, 6) is 0.503. The number of hydrogen-bond acceptors (Lipinski definition) is 6. The van der Waals surface area contributed by atoms with Gasteiger partial charge in [0.25, 0.3) is 11.6 Å². The third kappa shape index (κ3) is 4.06. The molecule has 0 fully saturated rings. The number of aromatic nitrogens is 1. The van der Waals surface area contributed by atoms with Gasteiger partial charge >= 0.3 is 0 Å². The van der Waals surface area contributed by atoms with Gasteiger partial charge in [-0.25, -0.2) is 4.98 Å². The van der Waals surface area contributed by atoms with E-state index in [0.717, 1.165) is 5.56 Å². The first-order chi connectivity index (χ1) is 15.5. The van der Waals surface area contributed by atoms with Gasteiger partial charge < -0.3 is 14.8 Å². The second-order valence-corrected chi connectivity index (χ2v) is 6.90. The minimum absolute atomic E-state index is 0.0737. The van der Waals surface area contributed by atoms with Crippen molar-refractivity contribution in [3.05, 3.63) is 88.5 Å². The lowest BCUT2D eigenvalue weighted by Gasteiger charge is -2.12. The summed E-state index contributed by atoms with van der Waals surface area (Å²) < 4.78 is 10.3. The molecule has 1 aromatic heterocycles. The number of amides is 1. The first-order valence-corrected chi connectivity index (χ1v) is 9.68. The Labute approximate surface area is 183 Å². The molecule has 0 unspecified atom stereocenters. The molecule has 4 aromatic rings. The average molecular weight is 429 g/mol. The number of nitrogens with zero attached hydrogens (tertiary/aromatic N) is 2. The average Bonchev–Trinajstić information content (AvgIpc) is 2.83. The minimum atomic E-state index is -0.565. The number of nitrogens with one attached hydrogen (secondary N) is 1. The normalized spacial score (nSPS) is 10.6. The van der Waals surface area contributed by atoms with Crippen LogP contribution in [0.15, 0.2) is 72.8 Å². The number of ether oxygens (including phenoxy) is 2. The molecular weight excluding hydrogens is 410 g/mol. The maximum absolute atomic E-state index is 13.2. The summed E-state index contributed by atoms with van der Waals surface area (Å²) in [5.41, 5.74) is 2.14. The third-order valence-corrected chi connectivity index (χ3v) is 4.98. The summed E-state index contributed by atoms with van der Waals surface area (Å²) in [6.07, 6.45) is 0. The molecule has 0 saturated carbocycles. The molecule has 1 heterocycles.